The van der Waals surface area contributed by atoms with E-state index in [0.717, 1.165) is 5.56 Å². The molecule has 112 valence electrons. The number of carbonyl (C=O) groups excluding carboxylic acids is 1. The van der Waals surface area contributed by atoms with Crippen molar-refractivity contribution in [3.05, 3.63) is 29.3 Å². The SMILES string of the molecule is CC(C)(C)[C@H](NC(=O)c1ccc2c(c1)B(O)OC2)C(=O)O. The van der Waals surface area contributed by atoms with E-state index in [1.165, 1.54) is 6.07 Å². The summed E-state index contributed by atoms with van der Waals surface area (Å²) in [7, 11) is -1.04. The molecule has 21 heavy (non-hydrogen) atoms. The number of carboxylic acids is 1. The van der Waals surface area contributed by atoms with Crippen LogP contribution in [0.4, 0.5) is 0 Å². The Hall–Kier alpha value is -1.86. The van der Waals surface area contributed by atoms with Crippen LogP contribution in [0.3, 0.4) is 0 Å². The van der Waals surface area contributed by atoms with Crippen molar-refractivity contribution in [2.24, 2.45) is 5.41 Å². The van der Waals surface area contributed by atoms with Crippen LogP contribution in [0.2, 0.25) is 0 Å². The van der Waals surface area contributed by atoms with Crippen LogP contribution in [-0.2, 0) is 16.1 Å². The molecule has 1 aromatic rings. The standard InChI is InChI=1S/C14H18BNO5/c1-14(2,3)11(13(18)19)16-12(17)8-4-5-9-7-21-15(20)10(9)6-8/h4-6,11,20H,7H2,1-3H3,(H,16,17)(H,18,19)/t11-/m1/s1. The molecule has 6 nitrogen and oxygen atoms in total. The first-order valence-electron chi connectivity index (χ1n) is 6.66. The number of rotatable bonds is 3. The monoisotopic (exact) mass is 291 g/mol. The molecule has 0 unspecified atom stereocenters. The van der Waals surface area contributed by atoms with Gasteiger partial charge in [0.15, 0.2) is 0 Å². The Morgan fingerprint density at radius 3 is 2.62 bits per heavy atom. The molecule has 1 heterocycles. The normalized spacial score (nSPS) is 15.5. The summed E-state index contributed by atoms with van der Waals surface area (Å²) in [4.78, 5) is 23.5. The van der Waals surface area contributed by atoms with E-state index >= 15 is 0 Å². The van der Waals surface area contributed by atoms with Crippen LogP contribution in [-0.4, -0.2) is 35.2 Å². The molecule has 2 rings (SSSR count). The van der Waals surface area contributed by atoms with Gasteiger partial charge in [-0.25, -0.2) is 4.79 Å². The zero-order chi connectivity index (χ0) is 15.8. The molecule has 0 spiro atoms. The number of nitrogens with one attached hydrogen (secondary N) is 1. The van der Waals surface area contributed by atoms with Gasteiger partial charge in [0.05, 0.1) is 6.61 Å². The van der Waals surface area contributed by atoms with Gasteiger partial charge in [-0.2, -0.15) is 0 Å². The van der Waals surface area contributed by atoms with Crippen molar-refractivity contribution in [2.75, 3.05) is 0 Å². The lowest BCUT2D eigenvalue weighted by Gasteiger charge is -2.27. The quantitative estimate of drug-likeness (QED) is 0.688. The minimum absolute atomic E-state index is 0.300. The van der Waals surface area contributed by atoms with E-state index in [1.807, 2.05) is 0 Å². The zero-order valence-corrected chi connectivity index (χ0v) is 12.2. The molecule has 0 bridgehead atoms. The van der Waals surface area contributed by atoms with Crippen molar-refractivity contribution in [3.8, 4) is 0 Å². The molecule has 1 aliphatic rings. The Morgan fingerprint density at radius 1 is 1.38 bits per heavy atom. The van der Waals surface area contributed by atoms with Crippen molar-refractivity contribution in [1.29, 1.82) is 0 Å². The van der Waals surface area contributed by atoms with Crippen molar-refractivity contribution in [3.63, 3.8) is 0 Å². The summed E-state index contributed by atoms with van der Waals surface area (Å²) in [6, 6.07) is 3.83. The van der Waals surface area contributed by atoms with E-state index in [-0.39, 0.29) is 0 Å². The second kappa shape index (κ2) is 5.50. The highest BCUT2D eigenvalue weighted by atomic mass is 16.5. The van der Waals surface area contributed by atoms with Gasteiger partial charge in [-0.3, -0.25) is 4.79 Å². The molecule has 0 radical (unpaired) electrons. The second-order valence-corrected chi connectivity index (χ2v) is 6.19. The van der Waals surface area contributed by atoms with Gasteiger partial charge >= 0.3 is 13.1 Å². The van der Waals surface area contributed by atoms with Crippen molar-refractivity contribution in [2.45, 2.75) is 33.4 Å². The van der Waals surface area contributed by atoms with Crippen LogP contribution in [0.15, 0.2) is 18.2 Å². The van der Waals surface area contributed by atoms with Gasteiger partial charge in [0.25, 0.3) is 5.91 Å². The van der Waals surface area contributed by atoms with E-state index in [9.17, 15) is 19.7 Å². The Labute approximate surface area is 123 Å². The van der Waals surface area contributed by atoms with Gasteiger partial charge in [-0.05, 0) is 28.6 Å². The zero-order valence-electron chi connectivity index (χ0n) is 12.2. The summed E-state index contributed by atoms with van der Waals surface area (Å²) in [5, 5.41) is 21.4. The third-order valence-electron chi connectivity index (χ3n) is 3.46. The van der Waals surface area contributed by atoms with Gasteiger partial charge in [0.1, 0.15) is 6.04 Å². The van der Waals surface area contributed by atoms with Crippen LogP contribution < -0.4 is 10.8 Å². The number of hydrogen-bond donors (Lipinski definition) is 3. The first-order valence-corrected chi connectivity index (χ1v) is 6.66. The number of hydrogen-bond acceptors (Lipinski definition) is 4. The fraction of sp³-hybridized carbons (Fsp3) is 0.429. The molecule has 1 amide bonds. The molecule has 0 aliphatic carbocycles. The molecule has 7 heteroatoms. The van der Waals surface area contributed by atoms with E-state index in [2.05, 4.69) is 5.32 Å². The summed E-state index contributed by atoms with van der Waals surface area (Å²) in [6.07, 6.45) is 0. The van der Waals surface area contributed by atoms with Crippen LogP contribution in [0.1, 0.15) is 36.7 Å². The lowest BCUT2D eigenvalue weighted by atomic mass is 9.78. The summed E-state index contributed by atoms with van der Waals surface area (Å²) >= 11 is 0. The van der Waals surface area contributed by atoms with Crippen LogP contribution in [0.5, 0.6) is 0 Å². The van der Waals surface area contributed by atoms with E-state index in [1.54, 1.807) is 32.9 Å². The van der Waals surface area contributed by atoms with Gasteiger partial charge in [0.2, 0.25) is 0 Å². The molecule has 3 N–H and O–H groups in total. The first-order chi connectivity index (χ1) is 9.70. The highest BCUT2D eigenvalue weighted by Crippen LogP contribution is 2.20. The Balaban J connectivity index is 2.21. The number of aliphatic carboxylic acids is 1. The number of benzene rings is 1. The van der Waals surface area contributed by atoms with Crippen LogP contribution in [0, 0.1) is 5.41 Å². The van der Waals surface area contributed by atoms with Crippen molar-refractivity contribution >= 4 is 24.5 Å². The van der Waals surface area contributed by atoms with Crippen LogP contribution in [0.25, 0.3) is 0 Å². The summed E-state index contributed by atoms with van der Waals surface area (Å²) < 4.78 is 5.06. The molecule has 1 aliphatic heterocycles. The summed E-state index contributed by atoms with van der Waals surface area (Å²) in [5.41, 5.74) is 1.06. The first kappa shape index (κ1) is 15.5. The van der Waals surface area contributed by atoms with Gasteiger partial charge < -0.3 is 20.1 Å². The smallest absolute Gasteiger partial charge is 0.480 e. The van der Waals surface area contributed by atoms with E-state index < -0.39 is 30.5 Å². The van der Waals surface area contributed by atoms with Gasteiger partial charge in [0, 0.05) is 5.56 Å². The fourth-order valence-corrected chi connectivity index (χ4v) is 2.22. The lowest BCUT2D eigenvalue weighted by molar-refractivity contribution is -0.142. The average Bonchev–Trinajstić information content (AvgIpc) is 2.75. The summed E-state index contributed by atoms with van der Waals surface area (Å²) in [5.74, 6) is -1.57. The van der Waals surface area contributed by atoms with E-state index in [4.69, 9.17) is 4.65 Å². The maximum Gasteiger partial charge on any atom is 0.491 e. The largest absolute Gasteiger partial charge is 0.491 e. The molecule has 0 saturated heterocycles. The summed E-state index contributed by atoms with van der Waals surface area (Å²) in [6.45, 7) is 5.53. The van der Waals surface area contributed by atoms with Crippen LogP contribution >= 0.6 is 0 Å². The highest BCUT2D eigenvalue weighted by molar-refractivity contribution is 6.61. The molecule has 0 fully saturated rings. The molecule has 1 aromatic carbocycles. The third-order valence-corrected chi connectivity index (χ3v) is 3.46. The maximum absolute atomic E-state index is 12.2. The minimum atomic E-state index is -1.08. The molecule has 0 saturated carbocycles. The maximum atomic E-state index is 12.2. The third kappa shape index (κ3) is 3.25. The lowest BCUT2D eigenvalue weighted by Crippen LogP contribution is -2.49. The van der Waals surface area contributed by atoms with Crippen molar-refractivity contribution < 1.29 is 24.4 Å². The fourth-order valence-electron chi connectivity index (χ4n) is 2.22. The Morgan fingerprint density at radius 2 is 2.05 bits per heavy atom. The van der Waals surface area contributed by atoms with Gasteiger partial charge in [-0.1, -0.05) is 26.8 Å². The minimum Gasteiger partial charge on any atom is -0.480 e. The predicted molar refractivity (Wildman–Crippen MR) is 77.2 cm³/mol. The molecule has 0 aromatic heterocycles. The molecular formula is C14H18BNO5. The highest BCUT2D eigenvalue weighted by Gasteiger charge is 2.33. The molecular weight excluding hydrogens is 273 g/mol. The average molecular weight is 291 g/mol. The number of carboxylic acid groups (broad SMARTS) is 1. The van der Waals surface area contributed by atoms with Crippen molar-refractivity contribution in [1.82, 2.24) is 5.32 Å². The topological polar surface area (TPSA) is 95.9 Å². The second-order valence-electron chi connectivity index (χ2n) is 6.19. The van der Waals surface area contributed by atoms with Gasteiger partial charge in [-0.15, -0.1) is 0 Å². The predicted octanol–water partition coefficient (Wildman–Crippen LogP) is 0.133. The number of amides is 1. The van der Waals surface area contributed by atoms with E-state index in [0.29, 0.717) is 17.6 Å². The number of fused-ring (bicyclic) bond motifs is 1. The Kier molecular flexibility index (Phi) is 4.07. The molecule has 1 atom stereocenters. The Bertz CT molecular complexity index is 581. The number of carbonyl (C=O) groups is 2.